The molecule has 0 fully saturated rings. The Hall–Kier alpha value is -0.790. The van der Waals surface area contributed by atoms with Gasteiger partial charge in [-0.2, -0.15) is 0 Å². The van der Waals surface area contributed by atoms with E-state index in [1.54, 1.807) is 0 Å². The molecule has 0 saturated carbocycles. The molecule has 1 aromatic rings. The average Bonchev–Trinajstić information content (AvgIpc) is 2.42. The van der Waals surface area contributed by atoms with Crippen molar-refractivity contribution in [2.75, 3.05) is 0 Å². The first kappa shape index (κ1) is 10.7. The maximum absolute atomic E-state index is 4.72. The van der Waals surface area contributed by atoms with Crippen molar-refractivity contribution in [2.24, 2.45) is 11.3 Å². The lowest BCUT2D eigenvalue weighted by atomic mass is 9.92. The molecule has 1 atom stereocenters. The van der Waals surface area contributed by atoms with Gasteiger partial charge < -0.3 is 4.98 Å². The summed E-state index contributed by atoms with van der Waals surface area (Å²) in [5, 5.41) is 0. The fourth-order valence-corrected chi connectivity index (χ4v) is 2.30. The van der Waals surface area contributed by atoms with Crippen LogP contribution in [0.15, 0.2) is 0 Å². The van der Waals surface area contributed by atoms with E-state index in [4.69, 9.17) is 4.98 Å². The zero-order chi connectivity index (χ0) is 11.1. The van der Waals surface area contributed by atoms with E-state index in [-0.39, 0.29) is 0 Å². The van der Waals surface area contributed by atoms with Crippen LogP contribution in [-0.2, 0) is 19.3 Å². The summed E-state index contributed by atoms with van der Waals surface area (Å²) in [7, 11) is 0. The third kappa shape index (κ3) is 2.61. The number of aromatic nitrogens is 2. The van der Waals surface area contributed by atoms with Crippen molar-refractivity contribution in [3.63, 3.8) is 0 Å². The predicted octanol–water partition coefficient (Wildman–Crippen LogP) is 3.12. The zero-order valence-corrected chi connectivity index (χ0v) is 10.4. The molecule has 0 saturated heterocycles. The van der Waals surface area contributed by atoms with Crippen LogP contribution in [0.5, 0.6) is 0 Å². The van der Waals surface area contributed by atoms with Gasteiger partial charge >= 0.3 is 0 Å². The zero-order valence-electron chi connectivity index (χ0n) is 10.4. The van der Waals surface area contributed by atoms with Crippen LogP contribution < -0.4 is 0 Å². The van der Waals surface area contributed by atoms with Crippen molar-refractivity contribution in [2.45, 2.75) is 53.4 Å². The Morgan fingerprint density at radius 3 is 2.80 bits per heavy atom. The van der Waals surface area contributed by atoms with Crippen molar-refractivity contribution in [3.05, 3.63) is 17.2 Å². The molecule has 0 bridgehead atoms. The standard InChI is InChI=1S/C13H22N2/c1-9-5-6-10-11(7-9)15-12(14-10)8-13(2,3)4/h9H,5-8H2,1-4H3,(H,14,15). The summed E-state index contributed by atoms with van der Waals surface area (Å²) < 4.78 is 0. The van der Waals surface area contributed by atoms with E-state index in [0.29, 0.717) is 5.41 Å². The number of hydrogen-bond donors (Lipinski definition) is 1. The summed E-state index contributed by atoms with van der Waals surface area (Å²) in [6.45, 7) is 9.11. The summed E-state index contributed by atoms with van der Waals surface area (Å²) in [6.07, 6.45) is 4.70. The summed E-state index contributed by atoms with van der Waals surface area (Å²) >= 11 is 0. The van der Waals surface area contributed by atoms with Gasteiger partial charge in [-0.1, -0.05) is 27.7 Å². The van der Waals surface area contributed by atoms with Crippen LogP contribution in [0.4, 0.5) is 0 Å². The molecule has 2 nitrogen and oxygen atoms in total. The van der Waals surface area contributed by atoms with E-state index in [2.05, 4.69) is 32.7 Å². The molecule has 1 aliphatic rings. The predicted molar refractivity (Wildman–Crippen MR) is 62.9 cm³/mol. The van der Waals surface area contributed by atoms with Gasteiger partial charge in [-0.3, -0.25) is 0 Å². The molecule has 1 N–H and O–H groups in total. The highest BCUT2D eigenvalue weighted by atomic mass is 14.9. The highest BCUT2D eigenvalue weighted by Crippen LogP contribution is 2.25. The number of fused-ring (bicyclic) bond motifs is 1. The Balaban J connectivity index is 2.16. The fourth-order valence-electron chi connectivity index (χ4n) is 2.30. The topological polar surface area (TPSA) is 28.7 Å². The van der Waals surface area contributed by atoms with E-state index in [1.807, 2.05) is 0 Å². The van der Waals surface area contributed by atoms with Crippen LogP contribution in [-0.4, -0.2) is 9.97 Å². The van der Waals surface area contributed by atoms with Gasteiger partial charge in [0, 0.05) is 12.1 Å². The molecule has 0 amide bonds. The average molecular weight is 206 g/mol. The van der Waals surface area contributed by atoms with Gasteiger partial charge in [0.25, 0.3) is 0 Å². The van der Waals surface area contributed by atoms with E-state index >= 15 is 0 Å². The minimum absolute atomic E-state index is 0.325. The van der Waals surface area contributed by atoms with Gasteiger partial charge in [0.15, 0.2) is 0 Å². The van der Waals surface area contributed by atoms with Crippen LogP contribution >= 0.6 is 0 Å². The molecule has 0 radical (unpaired) electrons. The Labute approximate surface area is 92.5 Å². The van der Waals surface area contributed by atoms with E-state index in [0.717, 1.165) is 18.8 Å². The fraction of sp³-hybridized carbons (Fsp3) is 0.769. The third-order valence-electron chi connectivity index (χ3n) is 3.04. The van der Waals surface area contributed by atoms with Crippen LogP contribution in [0.3, 0.4) is 0 Å². The Morgan fingerprint density at radius 2 is 2.13 bits per heavy atom. The summed E-state index contributed by atoms with van der Waals surface area (Å²) in [6, 6.07) is 0. The monoisotopic (exact) mass is 206 g/mol. The number of imidazole rings is 1. The highest BCUT2D eigenvalue weighted by molar-refractivity contribution is 5.18. The second-order valence-corrected chi connectivity index (χ2v) is 6.19. The summed E-state index contributed by atoms with van der Waals surface area (Å²) in [5.41, 5.74) is 3.05. The Bertz CT molecular complexity index is 344. The quantitative estimate of drug-likeness (QED) is 0.751. The molecular weight excluding hydrogens is 184 g/mol. The van der Waals surface area contributed by atoms with Gasteiger partial charge in [0.2, 0.25) is 0 Å². The lowest BCUT2D eigenvalue weighted by molar-refractivity contribution is 0.402. The summed E-state index contributed by atoms with van der Waals surface area (Å²) in [5.74, 6) is 2.00. The first-order valence-corrected chi connectivity index (χ1v) is 6.01. The number of rotatable bonds is 1. The van der Waals surface area contributed by atoms with Gasteiger partial charge in [-0.05, 0) is 30.6 Å². The van der Waals surface area contributed by atoms with Gasteiger partial charge in [0.1, 0.15) is 5.82 Å². The Kier molecular flexibility index (Phi) is 2.61. The number of nitrogens with zero attached hydrogens (tertiary/aromatic N) is 1. The molecule has 2 heteroatoms. The van der Waals surface area contributed by atoms with Gasteiger partial charge in [-0.15, -0.1) is 0 Å². The molecule has 0 aromatic carbocycles. The lowest BCUT2D eigenvalue weighted by Gasteiger charge is -2.16. The van der Waals surface area contributed by atoms with Crippen LogP contribution in [0, 0.1) is 11.3 Å². The molecule has 84 valence electrons. The minimum Gasteiger partial charge on any atom is -0.346 e. The minimum atomic E-state index is 0.325. The van der Waals surface area contributed by atoms with E-state index in [1.165, 1.54) is 30.1 Å². The first-order valence-electron chi connectivity index (χ1n) is 6.01. The van der Waals surface area contributed by atoms with Crippen molar-refractivity contribution >= 4 is 0 Å². The number of aryl methyl sites for hydroxylation is 1. The highest BCUT2D eigenvalue weighted by Gasteiger charge is 2.21. The summed E-state index contributed by atoms with van der Waals surface area (Å²) in [4.78, 5) is 8.22. The second kappa shape index (κ2) is 3.66. The largest absolute Gasteiger partial charge is 0.346 e. The molecule has 15 heavy (non-hydrogen) atoms. The molecular formula is C13H22N2. The number of aromatic amines is 1. The van der Waals surface area contributed by atoms with E-state index < -0.39 is 0 Å². The van der Waals surface area contributed by atoms with Crippen LogP contribution in [0.2, 0.25) is 0 Å². The molecule has 0 aliphatic heterocycles. The number of nitrogens with one attached hydrogen (secondary N) is 1. The normalized spacial score (nSPS) is 21.5. The van der Waals surface area contributed by atoms with Crippen molar-refractivity contribution in [1.29, 1.82) is 0 Å². The van der Waals surface area contributed by atoms with Crippen LogP contribution in [0.25, 0.3) is 0 Å². The van der Waals surface area contributed by atoms with Gasteiger partial charge in [-0.25, -0.2) is 4.98 Å². The Morgan fingerprint density at radius 1 is 1.40 bits per heavy atom. The van der Waals surface area contributed by atoms with Crippen LogP contribution in [0.1, 0.15) is 51.3 Å². The van der Waals surface area contributed by atoms with Gasteiger partial charge in [0.05, 0.1) is 5.69 Å². The number of H-pyrrole nitrogens is 1. The molecule has 1 aliphatic carbocycles. The third-order valence-corrected chi connectivity index (χ3v) is 3.04. The van der Waals surface area contributed by atoms with E-state index in [9.17, 15) is 0 Å². The first-order chi connectivity index (χ1) is 6.94. The molecule has 1 heterocycles. The van der Waals surface area contributed by atoms with Crippen molar-refractivity contribution in [1.82, 2.24) is 9.97 Å². The molecule has 2 rings (SSSR count). The second-order valence-electron chi connectivity index (χ2n) is 6.19. The lowest BCUT2D eigenvalue weighted by Crippen LogP contribution is -2.10. The molecule has 1 aromatic heterocycles. The molecule has 0 spiro atoms. The maximum Gasteiger partial charge on any atom is 0.107 e. The molecule has 1 unspecified atom stereocenters. The SMILES string of the molecule is CC1CCc2nc(CC(C)(C)C)[nH]c2C1. The van der Waals surface area contributed by atoms with Crippen molar-refractivity contribution < 1.29 is 0 Å². The van der Waals surface area contributed by atoms with Crippen molar-refractivity contribution in [3.8, 4) is 0 Å². The smallest absolute Gasteiger partial charge is 0.107 e. The number of hydrogen-bond acceptors (Lipinski definition) is 1. The maximum atomic E-state index is 4.72.